The zero-order valence-electron chi connectivity index (χ0n) is 6.46. The number of allylic oxidation sites excluding steroid dienone is 1. The first-order valence-corrected chi connectivity index (χ1v) is 3.32. The van der Waals surface area contributed by atoms with E-state index in [9.17, 15) is 0 Å². The SMILES string of the molecule is CC=CC(CC)N(C)N. The fourth-order valence-corrected chi connectivity index (χ4v) is 0.782. The van der Waals surface area contributed by atoms with Crippen molar-refractivity contribution in [3.05, 3.63) is 12.2 Å². The first-order valence-electron chi connectivity index (χ1n) is 3.32. The smallest absolute Gasteiger partial charge is 0.0415 e. The summed E-state index contributed by atoms with van der Waals surface area (Å²) >= 11 is 0. The summed E-state index contributed by atoms with van der Waals surface area (Å²) < 4.78 is 0. The van der Waals surface area contributed by atoms with Gasteiger partial charge in [-0.25, -0.2) is 5.01 Å². The standard InChI is InChI=1S/C7H16N2/c1-4-6-7(5-2)9(3)8/h4,6-7H,5,8H2,1-3H3. The summed E-state index contributed by atoms with van der Waals surface area (Å²) in [4.78, 5) is 0. The third-order valence-electron chi connectivity index (χ3n) is 1.36. The molecule has 0 saturated carbocycles. The Balaban J connectivity index is 3.68. The van der Waals surface area contributed by atoms with Crippen LogP contribution in [0, 0.1) is 0 Å². The molecular weight excluding hydrogens is 112 g/mol. The fourth-order valence-electron chi connectivity index (χ4n) is 0.782. The van der Waals surface area contributed by atoms with Gasteiger partial charge < -0.3 is 0 Å². The lowest BCUT2D eigenvalue weighted by molar-refractivity contribution is 0.285. The second-order valence-corrected chi connectivity index (χ2v) is 2.17. The molecule has 0 bridgehead atoms. The fraction of sp³-hybridized carbons (Fsp3) is 0.714. The molecule has 0 spiro atoms. The molecular formula is C7H16N2. The number of nitrogens with zero attached hydrogens (tertiary/aromatic N) is 1. The van der Waals surface area contributed by atoms with Crippen molar-refractivity contribution in [3.63, 3.8) is 0 Å². The number of likely N-dealkylation sites (N-methyl/N-ethyl adjacent to an activating group) is 1. The predicted octanol–water partition coefficient (Wildman–Crippen LogP) is 1.15. The third-order valence-corrected chi connectivity index (χ3v) is 1.36. The van der Waals surface area contributed by atoms with Crippen LogP contribution >= 0.6 is 0 Å². The molecule has 0 aliphatic carbocycles. The van der Waals surface area contributed by atoms with Crippen LogP contribution in [0.25, 0.3) is 0 Å². The van der Waals surface area contributed by atoms with Crippen molar-refractivity contribution in [1.29, 1.82) is 0 Å². The average molecular weight is 128 g/mol. The minimum atomic E-state index is 0.398. The van der Waals surface area contributed by atoms with Crippen molar-refractivity contribution in [2.45, 2.75) is 26.3 Å². The second kappa shape index (κ2) is 4.53. The summed E-state index contributed by atoms with van der Waals surface area (Å²) in [6.07, 6.45) is 5.19. The molecule has 2 nitrogen and oxygen atoms in total. The van der Waals surface area contributed by atoms with Gasteiger partial charge in [-0.05, 0) is 13.3 Å². The van der Waals surface area contributed by atoms with Crippen LogP contribution in [0.1, 0.15) is 20.3 Å². The zero-order valence-corrected chi connectivity index (χ0v) is 6.46. The minimum absolute atomic E-state index is 0.398. The van der Waals surface area contributed by atoms with Crippen LogP contribution in [0.15, 0.2) is 12.2 Å². The first kappa shape index (κ1) is 8.66. The maximum absolute atomic E-state index is 5.52. The molecule has 9 heavy (non-hydrogen) atoms. The highest BCUT2D eigenvalue weighted by atomic mass is 15.4. The Bertz CT molecular complexity index is 86.9. The van der Waals surface area contributed by atoms with Gasteiger partial charge in [-0.15, -0.1) is 0 Å². The van der Waals surface area contributed by atoms with Crippen molar-refractivity contribution in [3.8, 4) is 0 Å². The van der Waals surface area contributed by atoms with E-state index in [-0.39, 0.29) is 0 Å². The highest BCUT2D eigenvalue weighted by Gasteiger charge is 2.01. The van der Waals surface area contributed by atoms with E-state index in [1.54, 1.807) is 5.01 Å². The maximum atomic E-state index is 5.52. The highest BCUT2D eigenvalue weighted by Crippen LogP contribution is 1.97. The molecule has 0 heterocycles. The zero-order chi connectivity index (χ0) is 7.28. The lowest BCUT2D eigenvalue weighted by Crippen LogP contribution is -2.35. The largest absolute Gasteiger partial charge is 0.268 e. The normalized spacial score (nSPS) is 15.2. The van der Waals surface area contributed by atoms with Crippen molar-refractivity contribution < 1.29 is 0 Å². The molecule has 2 heteroatoms. The molecule has 0 fully saturated rings. The molecule has 0 aromatic heterocycles. The average Bonchev–Trinajstić information content (AvgIpc) is 1.82. The van der Waals surface area contributed by atoms with Crippen LogP contribution in [0.4, 0.5) is 0 Å². The van der Waals surface area contributed by atoms with Crippen molar-refractivity contribution >= 4 is 0 Å². The molecule has 1 unspecified atom stereocenters. The molecule has 0 aliphatic heterocycles. The summed E-state index contributed by atoms with van der Waals surface area (Å²) in [5.74, 6) is 5.52. The van der Waals surface area contributed by atoms with Gasteiger partial charge >= 0.3 is 0 Å². The molecule has 0 saturated heterocycles. The van der Waals surface area contributed by atoms with Crippen molar-refractivity contribution in [2.75, 3.05) is 7.05 Å². The van der Waals surface area contributed by atoms with Gasteiger partial charge in [0.05, 0.1) is 0 Å². The Morgan fingerprint density at radius 1 is 1.67 bits per heavy atom. The van der Waals surface area contributed by atoms with Crippen LogP contribution in [-0.2, 0) is 0 Å². The minimum Gasteiger partial charge on any atom is -0.268 e. The monoisotopic (exact) mass is 128 g/mol. The number of hydrazine groups is 1. The molecule has 1 atom stereocenters. The first-order chi connectivity index (χ1) is 4.22. The quantitative estimate of drug-likeness (QED) is 0.351. The van der Waals surface area contributed by atoms with Crippen LogP contribution in [0.2, 0.25) is 0 Å². The third kappa shape index (κ3) is 3.27. The van der Waals surface area contributed by atoms with E-state index in [0.717, 1.165) is 6.42 Å². The molecule has 2 N–H and O–H groups in total. The lowest BCUT2D eigenvalue weighted by Gasteiger charge is -2.17. The summed E-state index contributed by atoms with van der Waals surface area (Å²) in [7, 11) is 1.88. The van der Waals surface area contributed by atoms with E-state index in [0.29, 0.717) is 6.04 Å². The topological polar surface area (TPSA) is 29.3 Å². The van der Waals surface area contributed by atoms with E-state index < -0.39 is 0 Å². The molecule has 0 aliphatic rings. The van der Waals surface area contributed by atoms with Gasteiger partial charge in [0.25, 0.3) is 0 Å². The number of nitrogens with two attached hydrogens (primary N) is 1. The number of rotatable bonds is 3. The van der Waals surface area contributed by atoms with Gasteiger partial charge in [0.15, 0.2) is 0 Å². The van der Waals surface area contributed by atoms with E-state index in [4.69, 9.17) is 5.84 Å². The summed E-state index contributed by atoms with van der Waals surface area (Å²) in [5, 5.41) is 1.72. The Morgan fingerprint density at radius 2 is 2.22 bits per heavy atom. The van der Waals surface area contributed by atoms with Crippen LogP contribution in [0.5, 0.6) is 0 Å². The predicted molar refractivity (Wildman–Crippen MR) is 40.8 cm³/mol. The Morgan fingerprint density at radius 3 is 2.33 bits per heavy atom. The van der Waals surface area contributed by atoms with Gasteiger partial charge in [0, 0.05) is 13.1 Å². The second-order valence-electron chi connectivity index (χ2n) is 2.17. The molecule has 0 rings (SSSR count). The van der Waals surface area contributed by atoms with E-state index in [1.165, 1.54) is 0 Å². The van der Waals surface area contributed by atoms with E-state index in [1.807, 2.05) is 20.0 Å². The molecule has 0 amide bonds. The van der Waals surface area contributed by atoms with E-state index in [2.05, 4.69) is 13.0 Å². The van der Waals surface area contributed by atoms with Crippen LogP contribution < -0.4 is 5.84 Å². The summed E-state index contributed by atoms with van der Waals surface area (Å²) in [5.41, 5.74) is 0. The van der Waals surface area contributed by atoms with Crippen LogP contribution in [-0.4, -0.2) is 18.1 Å². The van der Waals surface area contributed by atoms with Gasteiger partial charge in [-0.2, -0.15) is 0 Å². The molecule has 0 aromatic rings. The van der Waals surface area contributed by atoms with Gasteiger partial charge in [0.1, 0.15) is 0 Å². The molecule has 0 aromatic carbocycles. The van der Waals surface area contributed by atoms with Crippen molar-refractivity contribution in [1.82, 2.24) is 5.01 Å². The van der Waals surface area contributed by atoms with E-state index >= 15 is 0 Å². The summed E-state index contributed by atoms with van der Waals surface area (Å²) in [6, 6.07) is 0.398. The Kier molecular flexibility index (Phi) is 4.36. The van der Waals surface area contributed by atoms with Gasteiger partial charge in [-0.3, -0.25) is 5.84 Å². The van der Waals surface area contributed by atoms with Gasteiger partial charge in [-0.1, -0.05) is 19.1 Å². The highest BCUT2D eigenvalue weighted by molar-refractivity contribution is 4.89. The Labute approximate surface area is 57.3 Å². The van der Waals surface area contributed by atoms with Gasteiger partial charge in [0.2, 0.25) is 0 Å². The van der Waals surface area contributed by atoms with Crippen molar-refractivity contribution in [2.24, 2.45) is 5.84 Å². The maximum Gasteiger partial charge on any atom is 0.0415 e. The summed E-state index contributed by atoms with van der Waals surface area (Å²) in [6.45, 7) is 4.13. The molecule has 0 radical (unpaired) electrons. The van der Waals surface area contributed by atoms with Crippen LogP contribution in [0.3, 0.4) is 0 Å². The number of hydrogen-bond donors (Lipinski definition) is 1. The molecule has 54 valence electrons. The number of hydrogen-bond acceptors (Lipinski definition) is 2. The lowest BCUT2D eigenvalue weighted by atomic mass is 10.2. The Hall–Kier alpha value is -0.340.